The smallest absolute Gasteiger partial charge is 0.410 e. The van der Waals surface area contributed by atoms with Crippen molar-refractivity contribution >= 4 is 11.8 Å². The Hall–Kier alpha value is -1.75. The molecule has 21 heavy (non-hydrogen) atoms. The number of hydrogen-bond donors (Lipinski definition) is 1. The standard InChI is InChI=1S/C16H22N2O3/c1-15(2,3)21-14(19)18-10-16(8-13(18)9-20-16)11-4-6-12(17)7-5-11/h4-7,13H,8-10,17H2,1-3H3/t13?,16-/m0/s1. The number of anilines is 1. The number of ether oxygens (including phenoxy) is 2. The maximum absolute atomic E-state index is 12.3. The Kier molecular flexibility index (Phi) is 3.13. The van der Waals surface area contributed by atoms with E-state index in [1.807, 2.05) is 45.0 Å². The fourth-order valence-corrected chi connectivity index (χ4v) is 3.08. The third kappa shape index (κ3) is 2.58. The van der Waals surface area contributed by atoms with Crippen LogP contribution in [0.25, 0.3) is 0 Å². The van der Waals surface area contributed by atoms with E-state index >= 15 is 0 Å². The van der Waals surface area contributed by atoms with Gasteiger partial charge in [-0.2, -0.15) is 0 Å². The first-order chi connectivity index (χ1) is 9.79. The van der Waals surface area contributed by atoms with Gasteiger partial charge in [0.2, 0.25) is 0 Å². The SMILES string of the molecule is CC(C)(C)OC(=O)N1C[C@]2(c3ccc(N)cc3)CC1CO2. The molecule has 5 nitrogen and oxygen atoms in total. The molecule has 3 rings (SSSR count). The van der Waals surface area contributed by atoms with Gasteiger partial charge in [-0.1, -0.05) is 12.1 Å². The zero-order valence-electron chi connectivity index (χ0n) is 12.8. The van der Waals surface area contributed by atoms with E-state index in [1.54, 1.807) is 4.90 Å². The van der Waals surface area contributed by atoms with Crippen LogP contribution in [0.5, 0.6) is 0 Å². The number of morpholine rings is 1. The second-order valence-corrected chi connectivity index (χ2v) is 6.89. The van der Waals surface area contributed by atoms with Crippen LogP contribution in [-0.2, 0) is 15.1 Å². The van der Waals surface area contributed by atoms with Crippen molar-refractivity contribution < 1.29 is 14.3 Å². The Balaban J connectivity index is 1.79. The molecule has 2 saturated heterocycles. The lowest BCUT2D eigenvalue weighted by atomic mass is 9.93. The van der Waals surface area contributed by atoms with Crippen molar-refractivity contribution in [2.45, 2.75) is 44.4 Å². The first kappa shape index (κ1) is 14.2. The van der Waals surface area contributed by atoms with Crippen LogP contribution in [0.3, 0.4) is 0 Å². The first-order valence-corrected chi connectivity index (χ1v) is 7.29. The predicted octanol–water partition coefficient (Wildman–Crippen LogP) is 2.50. The zero-order valence-corrected chi connectivity index (χ0v) is 12.8. The molecule has 2 aliphatic heterocycles. The number of likely N-dealkylation sites (tertiary alicyclic amines) is 1. The maximum atomic E-state index is 12.3. The van der Waals surface area contributed by atoms with Gasteiger partial charge in [0.15, 0.2) is 0 Å². The van der Waals surface area contributed by atoms with Crippen LogP contribution in [-0.4, -0.2) is 35.8 Å². The highest BCUT2D eigenvalue weighted by atomic mass is 16.6. The van der Waals surface area contributed by atoms with Gasteiger partial charge in [0, 0.05) is 12.1 Å². The Morgan fingerprint density at radius 2 is 2.05 bits per heavy atom. The summed E-state index contributed by atoms with van der Waals surface area (Å²) in [6.45, 7) is 6.74. The summed E-state index contributed by atoms with van der Waals surface area (Å²) in [6.07, 6.45) is 0.559. The average molecular weight is 290 g/mol. The Labute approximate surface area is 125 Å². The quantitative estimate of drug-likeness (QED) is 0.807. The highest BCUT2D eigenvalue weighted by Gasteiger charge is 2.54. The largest absolute Gasteiger partial charge is 0.444 e. The summed E-state index contributed by atoms with van der Waals surface area (Å²) in [4.78, 5) is 14.1. The minimum Gasteiger partial charge on any atom is -0.444 e. The number of hydrogen-bond acceptors (Lipinski definition) is 4. The molecule has 0 spiro atoms. The fourth-order valence-electron chi connectivity index (χ4n) is 3.08. The summed E-state index contributed by atoms with van der Waals surface area (Å²) in [6, 6.07) is 7.80. The van der Waals surface area contributed by atoms with Gasteiger partial charge in [-0.15, -0.1) is 0 Å². The molecule has 2 aliphatic rings. The van der Waals surface area contributed by atoms with E-state index in [0.29, 0.717) is 13.2 Å². The van der Waals surface area contributed by atoms with Crippen LogP contribution in [0.1, 0.15) is 32.8 Å². The molecule has 2 bridgehead atoms. The summed E-state index contributed by atoms with van der Waals surface area (Å²) in [7, 11) is 0. The van der Waals surface area contributed by atoms with Crippen LogP contribution in [0.4, 0.5) is 10.5 Å². The molecule has 1 aromatic carbocycles. The summed E-state index contributed by atoms with van der Waals surface area (Å²) in [5, 5.41) is 0. The van der Waals surface area contributed by atoms with E-state index in [0.717, 1.165) is 17.7 Å². The number of carbonyl (C=O) groups is 1. The van der Waals surface area contributed by atoms with E-state index in [2.05, 4.69) is 0 Å². The second-order valence-electron chi connectivity index (χ2n) is 6.89. The fraction of sp³-hybridized carbons (Fsp3) is 0.562. The molecule has 1 unspecified atom stereocenters. The summed E-state index contributed by atoms with van der Waals surface area (Å²) in [5.74, 6) is 0. The molecule has 114 valence electrons. The van der Waals surface area contributed by atoms with Crippen LogP contribution < -0.4 is 5.73 Å². The molecule has 5 heteroatoms. The van der Waals surface area contributed by atoms with Crippen molar-refractivity contribution in [2.75, 3.05) is 18.9 Å². The predicted molar refractivity (Wildman–Crippen MR) is 79.8 cm³/mol. The molecule has 1 aromatic rings. The molecule has 0 radical (unpaired) electrons. The van der Waals surface area contributed by atoms with Gasteiger partial charge in [0.1, 0.15) is 11.2 Å². The molecule has 0 saturated carbocycles. The van der Waals surface area contributed by atoms with Gasteiger partial charge in [-0.3, -0.25) is 4.90 Å². The number of benzene rings is 1. The highest BCUT2D eigenvalue weighted by Crippen LogP contribution is 2.45. The maximum Gasteiger partial charge on any atom is 0.410 e. The van der Waals surface area contributed by atoms with Crippen LogP contribution in [0.15, 0.2) is 24.3 Å². The van der Waals surface area contributed by atoms with Crippen LogP contribution in [0.2, 0.25) is 0 Å². The first-order valence-electron chi connectivity index (χ1n) is 7.29. The number of nitrogen functional groups attached to an aromatic ring is 1. The summed E-state index contributed by atoms with van der Waals surface area (Å²) >= 11 is 0. The van der Waals surface area contributed by atoms with Crippen molar-refractivity contribution in [1.82, 2.24) is 4.90 Å². The van der Waals surface area contributed by atoms with Gasteiger partial charge < -0.3 is 15.2 Å². The molecule has 0 aromatic heterocycles. The number of fused-ring (bicyclic) bond motifs is 2. The Morgan fingerprint density at radius 1 is 1.38 bits per heavy atom. The van der Waals surface area contributed by atoms with Crippen molar-refractivity contribution in [1.29, 1.82) is 0 Å². The summed E-state index contributed by atoms with van der Waals surface area (Å²) < 4.78 is 11.5. The number of nitrogens with zero attached hydrogens (tertiary/aromatic N) is 1. The minimum absolute atomic E-state index is 0.0948. The Bertz CT molecular complexity index is 550. The molecule has 0 aliphatic carbocycles. The van der Waals surface area contributed by atoms with Gasteiger partial charge >= 0.3 is 6.09 Å². The molecular formula is C16H22N2O3. The van der Waals surface area contributed by atoms with Crippen molar-refractivity contribution in [3.63, 3.8) is 0 Å². The van der Waals surface area contributed by atoms with Gasteiger partial charge in [-0.25, -0.2) is 4.79 Å². The third-order valence-electron chi connectivity index (χ3n) is 4.05. The monoisotopic (exact) mass is 290 g/mol. The van der Waals surface area contributed by atoms with Crippen molar-refractivity contribution in [3.05, 3.63) is 29.8 Å². The number of nitrogens with two attached hydrogens (primary N) is 1. The van der Waals surface area contributed by atoms with Crippen LogP contribution in [0, 0.1) is 0 Å². The van der Waals surface area contributed by atoms with E-state index in [4.69, 9.17) is 15.2 Å². The van der Waals surface area contributed by atoms with Gasteiger partial charge in [-0.05, 0) is 38.5 Å². The number of amides is 1. The van der Waals surface area contributed by atoms with E-state index < -0.39 is 11.2 Å². The highest BCUT2D eigenvalue weighted by molar-refractivity contribution is 5.69. The van der Waals surface area contributed by atoms with Gasteiger partial charge in [0.05, 0.1) is 19.2 Å². The normalized spacial score (nSPS) is 28.0. The molecule has 2 fully saturated rings. The minimum atomic E-state index is -0.478. The zero-order chi connectivity index (χ0) is 15.3. The lowest BCUT2D eigenvalue weighted by Gasteiger charge is -2.34. The molecule has 2 atom stereocenters. The van der Waals surface area contributed by atoms with Crippen molar-refractivity contribution in [2.24, 2.45) is 0 Å². The van der Waals surface area contributed by atoms with E-state index in [9.17, 15) is 4.79 Å². The lowest BCUT2D eigenvalue weighted by molar-refractivity contribution is -0.0558. The lowest BCUT2D eigenvalue weighted by Crippen LogP contribution is -2.46. The average Bonchev–Trinajstić information content (AvgIpc) is 2.96. The molecular weight excluding hydrogens is 268 g/mol. The number of carbonyl (C=O) groups excluding carboxylic acids is 1. The topological polar surface area (TPSA) is 64.8 Å². The molecule has 2 heterocycles. The molecule has 2 N–H and O–H groups in total. The summed E-state index contributed by atoms with van der Waals surface area (Å²) in [5.41, 5.74) is 6.66. The van der Waals surface area contributed by atoms with E-state index in [1.165, 1.54) is 0 Å². The third-order valence-corrected chi connectivity index (χ3v) is 4.05. The van der Waals surface area contributed by atoms with Crippen LogP contribution >= 0.6 is 0 Å². The van der Waals surface area contributed by atoms with E-state index in [-0.39, 0.29) is 12.1 Å². The van der Waals surface area contributed by atoms with Crippen molar-refractivity contribution in [3.8, 4) is 0 Å². The Morgan fingerprint density at radius 3 is 2.67 bits per heavy atom. The van der Waals surface area contributed by atoms with Gasteiger partial charge in [0.25, 0.3) is 0 Å². The molecule has 1 amide bonds. The second kappa shape index (κ2) is 4.63. The number of rotatable bonds is 1.